The molecule has 1 aromatic carbocycles. The first-order valence-corrected chi connectivity index (χ1v) is 8.47. The molecule has 3 rings (SSSR count). The minimum atomic E-state index is -4.35. The number of rotatable bonds is 5. The van der Waals surface area contributed by atoms with E-state index >= 15 is 0 Å². The molecule has 0 spiro atoms. The van der Waals surface area contributed by atoms with E-state index < -0.39 is 17.8 Å². The van der Waals surface area contributed by atoms with Crippen LogP contribution in [0.15, 0.2) is 36.7 Å². The summed E-state index contributed by atoms with van der Waals surface area (Å²) in [6.45, 7) is 3.96. The summed E-state index contributed by atoms with van der Waals surface area (Å²) in [6, 6.07) is 5.23. The average molecular weight is 353 g/mol. The number of aromatic nitrogens is 2. The molecule has 0 saturated carbocycles. The molecule has 1 aliphatic heterocycles. The number of β-amino-alcohol motifs (C(OH)–C–C–N with tert-alkyl or cyclic N) is 1. The SMILES string of the molecule is CCn1cc(CCN2C[C@@H](O)C[C@H]2c2cccc(C(F)(F)F)c2)cn1. The van der Waals surface area contributed by atoms with Gasteiger partial charge in [0.15, 0.2) is 0 Å². The van der Waals surface area contributed by atoms with Crippen LogP contribution in [0.5, 0.6) is 0 Å². The Kier molecular flexibility index (Phi) is 5.15. The first kappa shape index (κ1) is 17.9. The second-order valence-electron chi connectivity index (χ2n) is 6.48. The van der Waals surface area contributed by atoms with Gasteiger partial charge in [-0.1, -0.05) is 12.1 Å². The third-order valence-electron chi connectivity index (χ3n) is 4.68. The van der Waals surface area contributed by atoms with E-state index in [4.69, 9.17) is 0 Å². The Bertz CT molecular complexity index is 714. The summed E-state index contributed by atoms with van der Waals surface area (Å²) in [6.07, 6.45) is 0.129. The third-order valence-corrected chi connectivity index (χ3v) is 4.68. The molecule has 1 aliphatic rings. The zero-order valence-electron chi connectivity index (χ0n) is 14.1. The van der Waals surface area contributed by atoms with Crippen LogP contribution in [-0.4, -0.2) is 39.0 Å². The molecule has 0 bridgehead atoms. The minimum absolute atomic E-state index is 0.196. The van der Waals surface area contributed by atoms with Crippen molar-refractivity contribution in [1.82, 2.24) is 14.7 Å². The highest BCUT2D eigenvalue weighted by molar-refractivity contribution is 5.29. The molecule has 4 nitrogen and oxygen atoms in total. The summed E-state index contributed by atoms with van der Waals surface area (Å²) in [7, 11) is 0. The molecule has 1 saturated heterocycles. The van der Waals surface area contributed by atoms with Gasteiger partial charge in [-0.15, -0.1) is 0 Å². The zero-order chi connectivity index (χ0) is 18.0. The fraction of sp³-hybridized carbons (Fsp3) is 0.500. The predicted octanol–water partition coefficient (Wildman–Crippen LogP) is 3.27. The second kappa shape index (κ2) is 7.17. The van der Waals surface area contributed by atoms with Crippen LogP contribution in [-0.2, 0) is 19.1 Å². The summed E-state index contributed by atoms with van der Waals surface area (Å²) in [4.78, 5) is 2.06. The highest BCUT2D eigenvalue weighted by Crippen LogP contribution is 2.36. The Morgan fingerprint density at radius 3 is 2.80 bits per heavy atom. The molecule has 0 aliphatic carbocycles. The van der Waals surface area contributed by atoms with Crippen LogP contribution in [0, 0.1) is 0 Å². The molecule has 1 fully saturated rings. The first-order chi connectivity index (χ1) is 11.9. The standard InChI is InChI=1S/C18H22F3N3O/c1-2-24-11-13(10-22-24)6-7-23-12-16(25)9-17(23)14-4-3-5-15(8-14)18(19,20)21/h3-5,8,10-11,16-17,25H,2,6-7,9,12H2,1H3/t16-,17-/m0/s1. The van der Waals surface area contributed by atoms with E-state index in [2.05, 4.69) is 10.00 Å². The number of aliphatic hydroxyl groups is 1. The van der Waals surface area contributed by atoms with Crippen molar-refractivity contribution in [3.05, 3.63) is 53.3 Å². The van der Waals surface area contributed by atoms with Gasteiger partial charge in [0.25, 0.3) is 0 Å². The third kappa shape index (κ3) is 4.22. The molecular weight excluding hydrogens is 331 g/mol. The lowest BCUT2D eigenvalue weighted by molar-refractivity contribution is -0.137. The van der Waals surface area contributed by atoms with Crippen LogP contribution in [0.2, 0.25) is 0 Å². The summed E-state index contributed by atoms with van der Waals surface area (Å²) in [5.74, 6) is 0. The first-order valence-electron chi connectivity index (χ1n) is 8.47. The topological polar surface area (TPSA) is 41.3 Å². The summed E-state index contributed by atoms with van der Waals surface area (Å²) in [5, 5.41) is 14.3. The Labute approximate surface area is 144 Å². The van der Waals surface area contributed by atoms with Crippen molar-refractivity contribution in [2.75, 3.05) is 13.1 Å². The fourth-order valence-corrected chi connectivity index (χ4v) is 3.38. The summed E-state index contributed by atoms with van der Waals surface area (Å²) < 4.78 is 40.7. The quantitative estimate of drug-likeness (QED) is 0.897. The van der Waals surface area contributed by atoms with Crippen molar-refractivity contribution in [3.63, 3.8) is 0 Å². The van der Waals surface area contributed by atoms with Crippen molar-refractivity contribution in [2.45, 2.75) is 44.6 Å². The summed E-state index contributed by atoms with van der Waals surface area (Å²) in [5.41, 5.74) is 1.05. The van der Waals surface area contributed by atoms with Gasteiger partial charge >= 0.3 is 6.18 Å². The molecule has 2 atom stereocenters. The van der Waals surface area contributed by atoms with Crippen molar-refractivity contribution in [1.29, 1.82) is 0 Å². The lowest BCUT2D eigenvalue weighted by Gasteiger charge is -2.25. The molecule has 0 radical (unpaired) electrons. The van der Waals surface area contributed by atoms with E-state index in [0.717, 1.165) is 24.6 Å². The van der Waals surface area contributed by atoms with Gasteiger partial charge in [-0.3, -0.25) is 9.58 Å². The van der Waals surface area contributed by atoms with E-state index in [-0.39, 0.29) is 6.04 Å². The molecule has 25 heavy (non-hydrogen) atoms. The van der Waals surface area contributed by atoms with Crippen molar-refractivity contribution >= 4 is 0 Å². The van der Waals surface area contributed by atoms with Crippen LogP contribution in [0.25, 0.3) is 0 Å². The maximum absolute atomic E-state index is 13.0. The van der Waals surface area contributed by atoms with Crippen molar-refractivity contribution in [2.24, 2.45) is 0 Å². The molecule has 0 amide bonds. The van der Waals surface area contributed by atoms with E-state index in [1.54, 1.807) is 6.07 Å². The number of hydrogen-bond acceptors (Lipinski definition) is 3. The lowest BCUT2D eigenvalue weighted by Crippen LogP contribution is -2.27. The highest BCUT2D eigenvalue weighted by Gasteiger charge is 2.35. The minimum Gasteiger partial charge on any atom is -0.392 e. The fourth-order valence-electron chi connectivity index (χ4n) is 3.38. The van der Waals surface area contributed by atoms with Gasteiger partial charge in [0.05, 0.1) is 17.9 Å². The van der Waals surface area contributed by atoms with Gasteiger partial charge < -0.3 is 5.11 Å². The van der Waals surface area contributed by atoms with Crippen LogP contribution < -0.4 is 0 Å². The number of halogens is 3. The average Bonchev–Trinajstić information content (AvgIpc) is 3.18. The van der Waals surface area contributed by atoms with Gasteiger partial charge in [-0.25, -0.2) is 0 Å². The Morgan fingerprint density at radius 1 is 1.32 bits per heavy atom. The molecule has 1 N–H and O–H groups in total. The number of benzene rings is 1. The highest BCUT2D eigenvalue weighted by atomic mass is 19.4. The Hall–Kier alpha value is -1.86. The van der Waals surface area contributed by atoms with Crippen LogP contribution in [0.1, 0.15) is 36.1 Å². The number of nitrogens with zero attached hydrogens (tertiary/aromatic N) is 3. The van der Waals surface area contributed by atoms with Gasteiger partial charge in [0, 0.05) is 31.9 Å². The predicted molar refractivity (Wildman–Crippen MR) is 88.0 cm³/mol. The molecule has 7 heteroatoms. The maximum atomic E-state index is 13.0. The summed E-state index contributed by atoms with van der Waals surface area (Å²) >= 11 is 0. The molecule has 2 heterocycles. The number of likely N-dealkylation sites (tertiary alicyclic amines) is 1. The molecule has 0 unspecified atom stereocenters. The zero-order valence-corrected chi connectivity index (χ0v) is 14.1. The van der Waals surface area contributed by atoms with E-state index in [9.17, 15) is 18.3 Å². The van der Waals surface area contributed by atoms with Gasteiger partial charge in [-0.2, -0.15) is 18.3 Å². The van der Waals surface area contributed by atoms with E-state index in [1.807, 2.05) is 24.0 Å². The number of aryl methyl sites for hydroxylation is 1. The van der Waals surface area contributed by atoms with Gasteiger partial charge in [0.1, 0.15) is 0 Å². The maximum Gasteiger partial charge on any atom is 0.416 e. The van der Waals surface area contributed by atoms with Crippen LogP contribution in [0.4, 0.5) is 13.2 Å². The number of alkyl halides is 3. The van der Waals surface area contributed by atoms with E-state index in [1.165, 1.54) is 12.1 Å². The molecular formula is C18H22F3N3O. The van der Waals surface area contributed by atoms with Crippen molar-refractivity contribution < 1.29 is 18.3 Å². The monoisotopic (exact) mass is 353 g/mol. The number of hydrogen-bond donors (Lipinski definition) is 1. The Balaban J connectivity index is 1.73. The second-order valence-corrected chi connectivity index (χ2v) is 6.48. The van der Waals surface area contributed by atoms with Crippen molar-refractivity contribution in [3.8, 4) is 0 Å². The van der Waals surface area contributed by atoms with E-state index in [0.29, 0.717) is 25.1 Å². The van der Waals surface area contributed by atoms with Gasteiger partial charge in [-0.05, 0) is 43.0 Å². The smallest absolute Gasteiger partial charge is 0.392 e. The molecule has 136 valence electrons. The molecule has 2 aromatic rings. The number of aliphatic hydroxyl groups excluding tert-OH is 1. The largest absolute Gasteiger partial charge is 0.416 e. The normalized spacial score (nSPS) is 21.8. The van der Waals surface area contributed by atoms with Crippen LogP contribution in [0.3, 0.4) is 0 Å². The lowest BCUT2D eigenvalue weighted by atomic mass is 10.0. The Morgan fingerprint density at radius 2 is 2.12 bits per heavy atom. The molecule has 1 aromatic heterocycles. The van der Waals surface area contributed by atoms with Crippen LogP contribution >= 0.6 is 0 Å². The van der Waals surface area contributed by atoms with Gasteiger partial charge in [0.2, 0.25) is 0 Å².